The first-order valence-corrected chi connectivity index (χ1v) is 22.5. The molecular formula is C47H74N2O6. The average molecular weight is 763 g/mol. The van der Waals surface area contributed by atoms with Crippen molar-refractivity contribution < 1.29 is 29.0 Å². The Kier molecular flexibility index (Phi) is 9.83. The fourth-order valence-electron chi connectivity index (χ4n) is 16.3. The molecule has 0 aromatic carbocycles. The highest BCUT2D eigenvalue weighted by molar-refractivity contribution is 5.85. The molecule has 55 heavy (non-hydrogen) atoms. The van der Waals surface area contributed by atoms with Gasteiger partial charge in [0.25, 0.3) is 0 Å². The topological polar surface area (TPSA) is 96.4 Å². The predicted molar refractivity (Wildman–Crippen MR) is 214 cm³/mol. The van der Waals surface area contributed by atoms with Gasteiger partial charge in [-0.2, -0.15) is 0 Å². The zero-order chi connectivity index (χ0) is 39.5. The highest BCUT2D eigenvalue weighted by Gasteiger charge is 2.72. The van der Waals surface area contributed by atoms with Gasteiger partial charge in [-0.05, 0) is 142 Å². The van der Waals surface area contributed by atoms with E-state index in [1.807, 2.05) is 13.8 Å². The lowest BCUT2D eigenvalue weighted by Crippen LogP contribution is -2.67. The van der Waals surface area contributed by atoms with Crippen molar-refractivity contribution in [1.29, 1.82) is 0 Å². The molecule has 0 aromatic heterocycles. The number of carbonyl (C=O) groups is 3. The number of likely N-dealkylation sites (tertiary alicyclic amines) is 1. The van der Waals surface area contributed by atoms with Crippen LogP contribution >= 0.6 is 0 Å². The Morgan fingerprint density at radius 1 is 0.782 bits per heavy atom. The molecule has 1 N–H and O–H groups in total. The van der Waals surface area contributed by atoms with Crippen molar-refractivity contribution in [3.05, 3.63) is 12.2 Å². The highest BCUT2D eigenvalue weighted by atomic mass is 16.5. The number of nitrogens with zero attached hydrogens (tertiary/aromatic N) is 2. The number of fused-ring (bicyclic) bond motifs is 7. The van der Waals surface area contributed by atoms with Gasteiger partial charge in [-0.15, -0.1) is 0 Å². The van der Waals surface area contributed by atoms with E-state index < -0.39 is 17.3 Å². The van der Waals surface area contributed by atoms with Crippen LogP contribution in [0.2, 0.25) is 0 Å². The number of hydrogen-bond acceptors (Lipinski definition) is 6. The molecule has 8 aliphatic rings. The number of amides is 1. The third-order valence-electron chi connectivity index (χ3n) is 19.8. The number of hydrogen-bond donors (Lipinski definition) is 1. The molecule has 6 aliphatic carbocycles. The van der Waals surface area contributed by atoms with Crippen LogP contribution < -0.4 is 0 Å². The van der Waals surface area contributed by atoms with Crippen LogP contribution in [0.4, 0.5) is 0 Å². The standard InChI is InChI=1S/C47H74N2O6/c1-29(2)31-14-19-47(41(53)49-22-10-11-30(49)28-48-23-25-54-26-24-48)21-20-45(8)32(38(31)47)12-13-36-44(7)17-16-37(43(5,6)35(44)15-18-46(36,45)9)55-40(52)34-27-33(39(50)51)42(34,3)4/h30-38H,1,10-28H2,2-9H3,(H,50,51)/t30-,31-,32+,33-,34+,35-,36+,37-,38+,44-,45+,46+,47-/m0/s1. The average Bonchev–Trinajstić information content (AvgIpc) is 3.75. The number of carboxylic acids is 1. The van der Waals surface area contributed by atoms with Gasteiger partial charge in [-0.25, -0.2) is 0 Å². The fourth-order valence-corrected chi connectivity index (χ4v) is 16.3. The quantitative estimate of drug-likeness (QED) is 0.205. The van der Waals surface area contributed by atoms with Crippen molar-refractivity contribution in [2.75, 3.05) is 39.4 Å². The van der Waals surface area contributed by atoms with E-state index in [9.17, 15) is 14.7 Å². The lowest BCUT2D eigenvalue weighted by atomic mass is 9.32. The molecule has 308 valence electrons. The minimum absolute atomic E-state index is 0.146. The largest absolute Gasteiger partial charge is 0.481 e. The maximum Gasteiger partial charge on any atom is 0.309 e. The molecule has 8 heteroatoms. The van der Waals surface area contributed by atoms with Crippen LogP contribution in [0.25, 0.3) is 0 Å². The number of aliphatic carboxylic acids is 1. The van der Waals surface area contributed by atoms with Crippen molar-refractivity contribution >= 4 is 17.8 Å². The van der Waals surface area contributed by atoms with Crippen LogP contribution in [0, 0.1) is 73.9 Å². The fraction of sp³-hybridized carbons (Fsp3) is 0.894. The molecule has 8 nitrogen and oxygen atoms in total. The summed E-state index contributed by atoms with van der Waals surface area (Å²) in [6.07, 6.45) is 13.4. The Morgan fingerprint density at radius 3 is 2.18 bits per heavy atom. The molecule has 13 atom stereocenters. The van der Waals surface area contributed by atoms with Crippen molar-refractivity contribution in [3.63, 3.8) is 0 Å². The molecule has 1 amide bonds. The summed E-state index contributed by atoms with van der Waals surface area (Å²) >= 11 is 0. The Hall–Kier alpha value is -1.93. The zero-order valence-electron chi connectivity index (χ0n) is 35.7. The van der Waals surface area contributed by atoms with Gasteiger partial charge >= 0.3 is 11.9 Å². The van der Waals surface area contributed by atoms with Gasteiger partial charge in [-0.1, -0.05) is 60.6 Å². The molecule has 0 spiro atoms. The molecule has 8 fully saturated rings. The van der Waals surface area contributed by atoms with E-state index >= 15 is 4.79 Å². The number of rotatable bonds is 7. The van der Waals surface area contributed by atoms with Gasteiger partial charge in [0, 0.05) is 37.6 Å². The van der Waals surface area contributed by atoms with Crippen molar-refractivity contribution in [2.45, 2.75) is 151 Å². The van der Waals surface area contributed by atoms with Crippen molar-refractivity contribution in [3.8, 4) is 0 Å². The van der Waals surface area contributed by atoms with Gasteiger partial charge < -0.3 is 19.5 Å². The number of allylic oxidation sites excluding steroid dienone is 1. The molecule has 0 radical (unpaired) electrons. The van der Waals surface area contributed by atoms with Crippen LogP contribution in [0.5, 0.6) is 0 Å². The molecule has 0 aromatic rings. The molecule has 2 heterocycles. The van der Waals surface area contributed by atoms with Crippen molar-refractivity contribution in [2.24, 2.45) is 73.9 Å². The maximum atomic E-state index is 15.3. The predicted octanol–water partition coefficient (Wildman–Crippen LogP) is 8.63. The first-order valence-electron chi connectivity index (χ1n) is 22.5. The highest BCUT2D eigenvalue weighted by Crippen LogP contribution is 2.78. The lowest BCUT2D eigenvalue weighted by molar-refractivity contribution is -0.251. The second kappa shape index (κ2) is 13.6. The van der Waals surface area contributed by atoms with Gasteiger partial charge in [0.05, 0.1) is 30.5 Å². The summed E-state index contributed by atoms with van der Waals surface area (Å²) in [5.41, 5.74) is 0.741. The van der Waals surface area contributed by atoms with Gasteiger partial charge in [0.2, 0.25) is 5.91 Å². The Labute approximate surface area is 332 Å². The summed E-state index contributed by atoms with van der Waals surface area (Å²) in [5, 5.41) is 9.68. The summed E-state index contributed by atoms with van der Waals surface area (Å²) in [6.45, 7) is 28.8. The molecule has 8 rings (SSSR count). The summed E-state index contributed by atoms with van der Waals surface area (Å²) in [7, 11) is 0. The maximum absolute atomic E-state index is 15.3. The number of ether oxygens (including phenoxy) is 2. The lowest BCUT2D eigenvalue weighted by Gasteiger charge is -2.73. The van der Waals surface area contributed by atoms with E-state index in [1.54, 1.807) is 0 Å². The van der Waals surface area contributed by atoms with E-state index in [1.165, 1.54) is 24.8 Å². The van der Waals surface area contributed by atoms with Crippen LogP contribution in [0.1, 0.15) is 139 Å². The van der Waals surface area contributed by atoms with Gasteiger partial charge in [0.15, 0.2) is 0 Å². The molecule has 0 unspecified atom stereocenters. The monoisotopic (exact) mass is 763 g/mol. The van der Waals surface area contributed by atoms with Gasteiger partial charge in [0.1, 0.15) is 6.10 Å². The van der Waals surface area contributed by atoms with Gasteiger partial charge in [-0.3, -0.25) is 19.3 Å². The van der Waals surface area contributed by atoms with Crippen LogP contribution in [-0.4, -0.2) is 84.3 Å². The van der Waals surface area contributed by atoms with E-state index in [2.05, 4.69) is 57.9 Å². The Bertz CT molecular complexity index is 1570. The summed E-state index contributed by atoms with van der Waals surface area (Å²) in [5.74, 6) is 0.970. The van der Waals surface area contributed by atoms with E-state index in [-0.39, 0.29) is 45.1 Å². The minimum atomic E-state index is -0.811. The third-order valence-corrected chi connectivity index (χ3v) is 19.8. The van der Waals surface area contributed by atoms with Crippen LogP contribution in [0.15, 0.2) is 12.2 Å². The third kappa shape index (κ3) is 5.72. The number of carboxylic acid groups (broad SMARTS) is 1. The van der Waals surface area contributed by atoms with Crippen LogP contribution in [0.3, 0.4) is 0 Å². The second-order valence-electron chi connectivity index (χ2n) is 22.3. The summed E-state index contributed by atoms with van der Waals surface area (Å²) in [6, 6.07) is 0.320. The Morgan fingerprint density at radius 2 is 1.51 bits per heavy atom. The summed E-state index contributed by atoms with van der Waals surface area (Å²) in [4.78, 5) is 45.7. The van der Waals surface area contributed by atoms with E-state index in [0.29, 0.717) is 48.0 Å². The first-order chi connectivity index (χ1) is 25.8. The smallest absolute Gasteiger partial charge is 0.309 e. The number of morpholine rings is 1. The molecule has 2 aliphatic heterocycles. The van der Waals surface area contributed by atoms with E-state index in [0.717, 1.165) is 97.2 Å². The van der Waals surface area contributed by atoms with Crippen molar-refractivity contribution in [1.82, 2.24) is 9.80 Å². The normalized spacial score (nSPS) is 47.3. The minimum Gasteiger partial charge on any atom is -0.481 e. The van der Waals surface area contributed by atoms with Crippen LogP contribution in [-0.2, 0) is 23.9 Å². The molecular weight excluding hydrogens is 689 g/mol. The van der Waals surface area contributed by atoms with E-state index in [4.69, 9.17) is 9.47 Å². The Balaban J connectivity index is 1.03. The number of esters is 1. The molecule has 6 saturated carbocycles. The molecule has 0 bridgehead atoms. The SMILES string of the molecule is C=C(C)[C@@H]1CC[C@]2(C(=O)N3CCC[C@H]3CN3CCOCC3)CC[C@]3(C)[C@H](CC[C@@H]4[C@@]5(C)CC[C@H](OC(=O)[C@H]6C[C@@H](C(=O)O)C6(C)C)C(C)(C)[C@@H]5CC[C@]43C)[C@@H]12. The zero-order valence-corrected chi connectivity index (χ0v) is 35.7. The number of carbonyl (C=O) groups excluding carboxylic acids is 2. The summed E-state index contributed by atoms with van der Waals surface area (Å²) < 4.78 is 12.1. The second-order valence-corrected chi connectivity index (χ2v) is 22.3. The first kappa shape index (κ1) is 39.9. The molecule has 2 saturated heterocycles.